The third kappa shape index (κ3) is 1.83. The molecule has 2 heteroatoms. The molecule has 0 radical (unpaired) electrons. The van der Waals surface area contributed by atoms with Crippen LogP contribution in [-0.2, 0) is 9.53 Å². The molecule has 0 heterocycles. The second-order valence-corrected chi connectivity index (χ2v) is 8.10. The molecule has 0 amide bonds. The van der Waals surface area contributed by atoms with Gasteiger partial charge in [0.15, 0.2) is 0 Å². The summed E-state index contributed by atoms with van der Waals surface area (Å²) in [7, 11) is 0. The molecule has 2 nitrogen and oxygen atoms in total. The summed E-state index contributed by atoms with van der Waals surface area (Å²) in [5.74, 6) is 2.04. The van der Waals surface area contributed by atoms with Crippen molar-refractivity contribution in [1.29, 1.82) is 0 Å². The Morgan fingerprint density at radius 3 is 2.55 bits per heavy atom. The maximum absolute atomic E-state index is 12.6. The van der Waals surface area contributed by atoms with Crippen LogP contribution in [0.2, 0.25) is 0 Å². The van der Waals surface area contributed by atoms with Gasteiger partial charge in [0, 0.05) is 18.9 Å². The first kappa shape index (κ1) is 14.6. The highest BCUT2D eigenvalue weighted by Gasteiger charge is 2.64. The van der Waals surface area contributed by atoms with Gasteiger partial charge in [0.2, 0.25) is 0 Å². The van der Waals surface area contributed by atoms with Crippen molar-refractivity contribution in [2.45, 2.75) is 72.3 Å². The minimum Gasteiger partial charge on any atom is -0.378 e. The fourth-order valence-corrected chi connectivity index (χ4v) is 5.72. The van der Waals surface area contributed by atoms with Gasteiger partial charge in [-0.05, 0) is 61.7 Å². The van der Waals surface area contributed by atoms with Gasteiger partial charge in [-0.3, -0.25) is 4.79 Å². The second kappa shape index (κ2) is 4.83. The number of rotatable bonds is 3. The molecule has 0 aromatic carbocycles. The first-order valence-corrected chi connectivity index (χ1v) is 8.56. The lowest BCUT2D eigenvalue weighted by Gasteiger charge is -2.45. The Hall–Kier alpha value is -0.370. The highest BCUT2D eigenvalue weighted by molar-refractivity contribution is 5.83. The summed E-state index contributed by atoms with van der Waals surface area (Å²) in [5.41, 5.74) is 0.733. The van der Waals surface area contributed by atoms with Crippen molar-refractivity contribution < 1.29 is 9.53 Å². The van der Waals surface area contributed by atoms with E-state index in [1.807, 2.05) is 0 Å². The van der Waals surface area contributed by atoms with E-state index in [1.54, 1.807) is 0 Å². The molecule has 20 heavy (non-hydrogen) atoms. The van der Waals surface area contributed by atoms with Crippen LogP contribution < -0.4 is 0 Å². The lowest BCUT2D eigenvalue weighted by Crippen LogP contribution is -2.46. The summed E-state index contributed by atoms with van der Waals surface area (Å²) in [6.07, 6.45) is 7.00. The summed E-state index contributed by atoms with van der Waals surface area (Å²) in [6, 6.07) is 0. The predicted octanol–water partition coefficient (Wildman–Crippen LogP) is 4.22. The topological polar surface area (TPSA) is 26.3 Å². The van der Waals surface area contributed by atoms with E-state index in [2.05, 4.69) is 27.7 Å². The molecular formula is C18H30O2. The third-order valence-electron chi connectivity index (χ3n) is 7.36. The first-order chi connectivity index (χ1) is 9.41. The molecule has 3 saturated carbocycles. The second-order valence-electron chi connectivity index (χ2n) is 8.10. The molecule has 2 bridgehead atoms. The zero-order valence-electron chi connectivity index (χ0n) is 13.6. The van der Waals surface area contributed by atoms with Gasteiger partial charge < -0.3 is 4.74 Å². The van der Waals surface area contributed by atoms with Gasteiger partial charge in [0.25, 0.3) is 0 Å². The Kier molecular flexibility index (Phi) is 3.52. The first-order valence-electron chi connectivity index (χ1n) is 8.56. The van der Waals surface area contributed by atoms with Crippen LogP contribution in [0.25, 0.3) is 0 Å². The fourth-order valence-electron chi connectivity index (χ4n) is 5.72. The van der Waals surface area contributed by atoms with Crippen LogP contribution >= 0.6 is 0 Å². The number of hydrogen-bond acceptors (Lipinski definition) is 2. The fraction of sp³-hybridized carbons (Fsp3) is 0.944. The van der Waals surface area contributed by atoms with Crippen molar-refractivity contribution in [3.63, 3.8) is 0 Å². The molecule has 3 aliphatic carbocycles. The lowest BCUT2D eigenvalue weighted by atomic mass is 9.60. The highest BCUT2D eigenvalue weighted by Crippen LogP contribution is 2.70. The van der Waals surface area contributed by atoms with Crippen LogP contribution in [0.1, 0.15) is 66.2 Å². The largest absolute Gasteiger partial charge is 0.378 e. The van der Waals surface area contributed by atoms with Crippen LogP contribution in [0.3, 0.4) is 0 Å². The molecule has 0 saturated heterocycles. The summed E-state index contributed by atoms with van der Waals surface area (Å²) in [5, 5.41) is 0. The zero-order valence-corrected chi connectivity index (χ0v) is 13.6. The van der Waals surface area contributed by atoms with Crippen LogP contribution in [0.4, 0.5) is 0 Å². The van der Waals surface area contributed by atoms with E-state index >= 15 is 0 Å². The van der Waals surface area contributed by atoms with Crippen LogP contribution in [-0.4, -0.2) is 18.5 Å². The van der Waals surface area contributed by atoms with Crippen molar-refractivity contribution in [2.75, 3.05) is 6.61 Å². The van der Waals surface area contributed by atoms with E-state index in [4.69, 9.17) is 4.74 Å². The van der Waals surface area contributed by atoms with E-state index in [1.165, 1.54) is 19.3 Å². The Morgan fingerprint density at radius 2 is 2.00 bits per heavy atom. The van der Waals surface area contributed by atoms with Crippen molar-refractivity contribution in [1.82, 2.24) is 0 Å². The normalized spacial score (nSPS) is 46.9. The van der Waals surface area contributed by atoms with Gasteiger partial charge in [0.1, 0.15) is 5.78 Å². The monoisotopic (exact) mass is 278 g/mol. The van der Waals surface area contributed by atoms with E-state index in [0.29, 0.717) is 22.5 Å². The number of ketones is 1. The lowest BCUT2D eigenvalue weighted by molar-refractivity contribution is -0.139. The van der Waals surface area contributed by atoms with Crippen LogP contribution in [0.5, 0.6) is 0 Å². The molecule has 0 aromatic heterocycles. The van der Waals surface area contributed by atoms with Crippen molar-refractivity contribution in [2.24, 2.45) is 28.6 Å². The van der Waals surface area contributed by atoms with E-state index < -0.39 is 0 Å². The molecular weight excluding hydrogens is 248 g/mol. The summed E-state index contributed by atoms with van der Waals surface area (Å²) in [6.45, 7) is 10.1. The smallest absolute Gasteiger partial charge is 0.138 e. The summed E-state index contributed by atoms with van der Waals surface area (Å²) < 4.78 is 5.98. The number of carbonyl (C=O) groups is 1. The van der Waals surface area contributed by atoms with Gasteiger partial charge in [-0.15, -0.1) is 0 Å². The molecule has 0 aliphatic heterocycles. The van der Waals surface area contributed by atoms with Gasteiger partial charge in [-0.25, -0.2) is 0 Å². The minimum atomic E-state index is 0.179. The Bertz CT molecular complexity index is 398. The third-order valence-corrected chi connectivity index (χ3v) is 7.36. The molecule has 0 N–H and O–H groups in total. The van der Waals surface area contributed by atoms with Crippen molar-refractivity contribution >= 4 is 5.78 Å². The number of carbonyl (C=O) groups excluding carboxylic acids is 1. The molecule has 114 valence electrons. The average molecular weight is 278 g/mol. The Morgan fingerprint density at radius 1 is 1.25 bits per heavy atom. The number of Topliss-reactive ketones (excluding diaryl/α,β-unsaturated/α-hetero) is 1. The van der Waals surface area contributed by atoms with Gasteiger partial charge in [0.05, 0.1) is 6.10 Å². The number of ether oxygens (including phenoxy) is 1. The quantitative estimate of drug-likeness (QED) is 0.772. The van der Waals surface area contributed by atoms with E-state index in [9.17, 15) is 4.79 Å². The Labute approximate surface area is 123 Å². The number of hydrogen-bond donors (Lipinski definition) is 0. The maximum atomic E-state index is 12.6. The van der Waals surface area contributed by atoms with Gasteiger partial charge in [-0.1, -0.05) is 20.8 Å². The van der Waals surface area contributed by atoms with E-state index in [-0.39, 0.29) is 12.0 Å². The van der Waals surface area contributed by atoms with Crippen molar-refractivity contribution in [3.8, 4) is 0 Å². The van der Waals surface area contributed by atoms with Crippen LogP contribution in [0.15, 0.2) is 0 Å². The SMILES string of the molecule is CCOC1CCCC(=O)C1[C@@H]1C[C@H]2CC[C@]1(C)C2(C)C. The van der Waals surface area contributed by atoms with Crippen LogP contribution in [0, 0.1) is 28.6 Å². The minimum absolute atomic E-state index is 0.179. The van der Waals surface area contributed by atoms with E-state index in [0.717, 1.165) is 31.8 Å². The van der Waals surface area contributed by atoms with Gasteiger partial charge >= 0.3 is 0 Å². The summed E-state index contributed by atoms with van der Waals surface area (Å²) in [4.78, 5) is 12.6. The predicted molar refractivity (Wildman–Crippen MR) is 80.5 cm³/mol. The molecule has 0 aromatic rings. The molecule has 3 aliphatic rings. The molecule has 3 fully saturated rings. The summed E-state index contributed by atoms with van der Waals surface area (Å²) >= 11 is 0. The standard InChI is InChI=1S/C18H30O2/c1-5-20-15-8-6-7-14(19)16(15)13-11-12-9-10-18(13,4)17(12,2)3/h12-13,15-16H,5-11H2,1-4H3/t12-,13+,15?,16?,18+/m1/s1. The zero-order chi connectivity index (χ0) is 14.5. The molecule has 0 spiro atoms. The average Bonchev–Trinajstić information content (AvgIpc) is 2.72. The van der Waals surface area contributed by atoms with Crippen molar-refractivity contribution in [3.05, 3.63) is 0 Å². The number of fused-ring (bicyclic) bond motifs is 2. The Balaban J connectivity index is 1.89. The molecule has 3 rings (SSSR count). The highest BCUT2D eigenvalue weighted by atomic mass is 16.5. The molecule has 2 unspecified atom stereocenters. The maximum Gasteiger partial charge on any atom is 0.138 e. The molecule has 5 atom stereocenters. The van der Waals surface area contributed by atoms with Gasteiger partial charge in [-0.2, -0.15) is 0 Å².